The zero-order valence-corrected chi connectivity index (χ0v) is 11.4. The van der Waals surface area contributed by atoms with E-state index in [1.807, 2.05) is 31.2 Å². The van der Waals surface area contributed by atoms with E-state index in [0.29, 0.717) is 18.1 Å². The second-order valence-corrected chi connectivity index (χ2v) is 4.38. The standard InChI is InChI=1S/C16H16O4/c1-11-5-3-4-6-12(11)10-20-15-8-7-13(19-2)9-14(15)16(17)18/h3-9H,10H2,1-2H3,(H,17,18). The highest BCUT2D eigenvalue weighted by molar-refractivity contribution is 5.91. The number of rotatable bonds is 5. The van der Waals surface area contributed by atoms with Crippen LogP contribution in [0.4, 0.5) is 0 Å². The van der Waals surface area contributed by atoms with Crippen LogP contribution in [0.25, 0.3) is 0 Å². The molecule has 104 valence electrons. The van der Waals surface area contributed by atoms with E-state index in [4.69, 9.17) is 9.47 Å². The summed E-state index contributed by atoms with van der Waals surface area (Å²) < 4.78 is 10.7. The first-order valence-corrected chi connectivity index (χ1v) is 6.20. The normalized spacial score (nSPS) is 10.1. The van der Waals surface area contributed by atoms with Crippen molar-refractivity contribution in [3.05, 3.63) is 59.2 Å². The predicted molar refractivity (Wildman–Crippen MR) is 75.5 cm³/mol. The van der Waals surface area contributed by atoms with Gasteiger partial charge >= 0.3 is 5.97 Å². The van der Waals surface area contributed by atoms with E-state index in [2.05, 4.69) is 0 Å². The minimum Gasteiger partial charge on any atom is -0.497 e. The molecule has 0 bridgehead atoms. The van der Waals surface area contributed by atoms with Crippen molar-refractivity contribution in [2.75, 3.05) is 7.11 Å². The number of aryl methyl sites for hydroxylation is 1. The molecule has 1 N–H and O–H groups in total. The van der Waals surface area contributed by atoms with Crippen molar-refractivity contribution in [3.63, 3.8) is 0 Å². The number of hydrogen-bond acceptors (Lipinski definition) is 3. The molecule has 0 spiro atoms. The summed E-state index contributed by atoms with van der Waals surface area (Å²) in [5.41, 5.74) is 2.23. The van der Waals surface area contributed by atoms with Crippen molar-refractivity contribution < 1.29 is 19.4 Å². The Labute approximate surface area is 117 Å². The van der Waals surface area contributed by atoms with Crippen LogP contribution >= 0.6 is 0 Å². The Morgan fingerprint density at radius 2 is 1.95 bits per heavy atom. The van der Waals surface area contributed by atoms with Gasteiger partial charge in [0.05, 0.1) is 7.11 Å². The molecule has 2 aromatic carbocycles. The lowest BCUT2D eigenvalue weighted by Gasteiger charge is -2.11. The number of carbonyl (C=O) groups is 1. The molecule has 0 saturated heterocycles. The van der Waals surface area contributed by atoms with Crippen molar-refractivity contribution in [3.8, 4) is 11.5 Å². The van der Waals surface area contributed by atoms with Crippen molar-refractivity contribution in [1.29, 1.82) is 0 Å². The molecule has 0 radical (unpaired) electrons. The van der Waals surface area contributed by atoms with Gasteiger partial charge in [0.1, 0.15) is 23.7 Å². The first kappa shape index (κ1) is 13.9. The van der Waals surface area contributed by atoms with Crippen molar-refractivity contribution in [2.24, 2.45) is 0 Å². The van der Waals surface area contributed by atoms with Gasteiger partial charge in [0.2, 0.25) is 0 Å². The first-order valence-electron chi connectivity index (χ1n) is 6.20. The average molecular weight is 272 g/mol. The minimum absolute atomic E-state index is 0.0953. The van der Waals surface area contributed by atoms with Crippen molar-refractivity contribution in [1.82, 2.24) is 0 Å². The molecule has 0 aliphatic heterocycles. The van der Waals surface area contributed by atoms with Gasteiger partial charge in [-0.25, -0.2) is 4.79 Å². The molecule has 0 aliphatic carbocycles. The van der Waals surface area contributed by atoms with E-state index in [0.717, 1.165) is 11.1 Å². The molecule has 2 aromatic rings. The zero-order valence-electron chi connectivity index (χ0n) is 11.4. The van der Waals surface area contributed by atoms with Gasteiger partial charge in [-0.2, -0.15) is 0 Å². The third-order valence-corrected chi connectivity index (χ3v) is 3.06. The van der Waals surface area contributed by atoms with Crippen LogP contribution in [-0.4, -0.2) is 18.2 Å². The van der Waals surface area contributed by atoms with Crippen LogP contribution in [0, 0.1) is 6.92 Å². The Morgan fingerprint density at radius 1 is 1.20 bits per heavy atom. The first-order chi connectivity index (χ1) is 9.61. The molecule has 0 aromatic heterocycles. The molecule has 0 amide bonds. The van der Waals surface area contributed by atoms with Gasteiger partial charge in [0.15, 0.2) is 0 Å². The van der Waals surface area contributed by atoms with Gasteiger partial charge in [0, 0.05) is 0 Å². The summed E-state index contributed by atoms with van der Waals surface area (Å²) in [5, 5.41) is 9.20. The van der Waals surface area contributed by atoms with Crippen LogP contribution in [0.5, 0.6) is 11.5 Å². The summed E-state index contributed by atoms with van der Waals surface area (Å²) in [4.78, 5) is 11.2. The molecule has 0 aliphatic rings. The second kappa shape index (κ2) is 6.10. The molecule has 4 heteroatoms. The maximum Gasteiger partial charge on any atom is 0.339 e. The van der Waals surface area contributed by atoms with E-state index in [1.54, 1.807) is 12.1 Å². The van der Waals surface area contributed by atoms with Gasteiger partial charge in [-0.1, -0.05) is 24.3 Å². The number of ether oxygens (including phenoxy) is 2. The van der Waals surface area contributed by atoms with Crippen LogP contribution in [0.3, 0.4) is 0 Å². The van der Waals surface area contributed by atoms with E-state index in [9.17, 15) is 9.90 Å². The number of benzene rings is 2. The molecule has 4 nitrogen and oxygen atoms in total. The lowest BCUT2D eigenvalue weighted by atomic mass is 10.1. The number of hydrogen-bond donors (Lipinski definition) is 1. The number of carboxylic acids is 1. The fraction of sp³-hybridized carbons (Fsp3) is 0.188. The average Bonchev–Trinajstić information content (AvgIpc) is 2.46. The predicted octanol–water partition coefficient (Wildman–Crippen LogP) is 3.28. The number of aromatic carboxylic acids is 1. The molecule has 20 heavy (non-hydrogen) atoms. The molecule has 2 rings (SSSR count). The van der Waals surface area contributed by atoms with Crippen LogP contribution in [0.15, 0.2) is 42.5 Å². The lowest BCUT2D eigenvalue weighted by molar-refractivity contribution is 0.0691. The smallest absolute Gasteiger partial charge is 0.339 e. The minimum atomic E-state index is -1.04. The highest BCUT2D eigenvalue weighted by Gasteiger charge is 2.13. The van der Waals surface area contributed by atoms with E-state index >= 15 is 0 Å². The zero-order chi connectivity index (χ0) is 14.5. The largest absolute Gasteiger partial charge is 0.497 e. The van der Waals surface area contributed by atoms with E-state index in [1.165, 1.54) is 13.2 Å². The molecule has 0 saturated carbocycles. The maximum atomic E-state index is 11.2. The highest BCUT2D eigenvalue weighted by atomic mass is 16.5. The summed E-state index contributed by atoms with van der Waals surface area (Å²) in [6.45, 7) is 2.32. The Bertz CT molecular complexity index is 620. The van der Waals surface area contributed by atoms with Crippen molar-refractivity contribution >= 4 is 5.97 Å². The Hall–Kier alpha value is -2.49. The van der Waals surface area contributed by atoms with Gasteiger partial charge in [-0.05, 0) is 36.2 Å². The third kappa shape index (κ3) is 3.09. The summed E-state index contributed by atoms with van der Waals surface area (Å²) in [7, 11) is 1.49. The number of methoxy groups -OCH3 is 1. The molecular formula is C16H16O4. The highest BCUT2D eigenvalue weighted by Crippen LogP contribution is 2.25. The Balaban J connectivity index is 2.21. The summed E-state index contributed by atoms with van der Waals surface area (Å²) in [6.07, 6.45) is 0. The van der Waals surface area contributed by atoms with Crippen LogP contribution < -0.4 is 9.47 Å². The molecule has 0 heterocycles. The van der Waals surface area contributed by atoms with Gasteiger partial charge < -0.3 is 14.6 Å². The van der Waals surface area contributed by atoms with Gasteiger partial charge in [0.25, 0.3) is 0 Å². The fourth-order valence-corrected chi connectivity index (χ4v) is 1.86. The summed E-state index contributed by atoms with van der Waals surface area (Å²) in [5.74, 6) is -0.212. The van der Waals surface area contributed by atoms with Gasteiger partial charge in [-0.3, -0.25) is 0 Å². The summed E-state index contributed by atoms with van der Waals surface area (Å²) in [6, 6.07) is 12.6. The second-order valence-electron chi connectivity index (χ2n) is 4.38. The van der Waals surface area contributed by atoms with Gasteiger partial charge in [-0.15, -0.1) is 0 Å². The SMILES string of the molecule is COc1ccc(OCc2ccccc2C)c(C(=O)O)c1. The van der Waals surface area contributed by atoms with E-state index < -0.39 is 5.97 Å². The maximum absolute atomic E-state index is 11.2. The molecular weight excluding hydrogens is 256 g/mol. The fourth-order valence-electron chi connectivity index (χ4n) is 1.86. The van der Waals surface area contributed by atoms with Crippen LogP contribution in [0.2, 0.25) is 0 Å². The monoisotopic (exact) mass is 272 g/mol. The molecule has 0 fully saturated rings. The van der Waals surface area contributed by atoms with Crippen LogP contribution in [-0.2, 0) is 6.61 Å². The van der Waals surface area contributed by atoms with E-state index in [-0.39, 0.29) is 5.56 Å². The third-order valence-electron chi connectivity index (χ3n) is 3.06. The summed E-state index contributed by atoms with van der Waals surface area (Å²) >= 11 is 0. The topological polar surface area (TPSA) is 55.8 Å². The Morgan fingerprint density at radius 3 is 2.60 bits per heavy atom. The van der Waals surface area contributed by atoms with Crippen molar-refractivity contribution in [2.45, 2.75) is 13.5 Å². The molecule has 0 unspecified atom stereocenters. The lowest BCUT2D eigenvalue weighted by Crippen LogP contribution is -2.04. The number of carboxylic acid groups (broad SMARTS) is 1. The van der Waals surface area contributed by atoms with Crippen LogP contribution in [0.1, 0.15) is 21.5 Å². The quantitative estimate of drug-likeness (QED) is 0.907. The molecule has 0 atom stereocenters. The Kier molecular flexibility index (Phi) is 4.25.